The van der Waals surface area contributed by atoms with E-state index in [4.69, 9.17) is 9.47 Å². The number of nitrogens with one attached hydrogen (secondary N) is 2. The molecular weight excluding hydrogens is 314 g/mol. The Kier molecular flexibility index (Phi) is 4.38. The number of aliphatic hydroxyl groups is 1. The predicted molar refractivity (Wildman–Crippen MR) is 82.0 cm³/mol. The van der Waals surface area contributed by atoms with Crippen molar-refractivity contribution < 1.29 is 19.4 Å². The van der Waals surface area contributed by atoms with Gasteiger partial charge in [-0.15, -0.1) is 0 Å². The second-order valence-corrected chi connectivity index (χ2v) is 6.71. The van der Waals surface area contributed by atoms with Crippen LogP contribution in [0.1, 0.15) is 38.1 Å². The summed E-state index contributed by atoms with van der Waals surface area (Å²) in [5, 5.41) is 20.7. The van der Waals surface area contributed by atoms with Gasteiger partial charge >= 0.3 is 6.03 Å². The third kappa shape index (κ3) is 2.99. The Hall–Kier alpha value is -1.71. The van der Waals surface area contributed by atoms with Crippen LogP contribution >= 0.6 is 0 Å². The van der Waals surface area contributed by atoms with E-state index in [0.29, 0.717) is 6.61 Å². The van der Waals surface area contributed by atoms with Gasteiger partial charge in [0.15, 0.2) is 6.29 Å². The Labute approximate surface area is 139 Å². The lowest BCUT2D eigenvalue weighted by Crippen LogP contribution is -2.61. The van der Waals surface area contributed by atoms with Gasteiger partial charge in [-0.05, 0) is 12.8 Å². The second-order valence-electron chi connectivity index (χ2n) is 6.71. The lowest BCUT2D eigenvalue weighted by atomic mass is 9.95. The van der Waals surface area contributed by atoms with Gasteiger partial charge in [0.05, 0.1) is 12.6 Å². The topological polar surface area (TPSA) is 111 Å². The molecule has 1 saturated carbocycles. The monoisotopic (exact) mass is 337 g/mol. The molecule has 2 saturated heterocycles. The summed E-state index contributed by atoms with van der Waals surface area (Å²) >= 11 is 0. The molecule has 2 bridgehead atoms. The van der Waals surface area contributed by atoms with Crippen LogP contribution in [0.15, 0.2) is 12.7 Å². The van der Waals surface area contributed by atoms with Crippen molar-refractivity contribution in [3.05, 3.63) is 12.7 Å². The van der Waals surface area contributed by atoms with Crippen molar-refractivity contribution in [3.63, 3.8) is 0 Å². The molecule has 0 spiro atoms. The highest BCUT2D eigenvalue weighted by Gasteiger charge is 2.52. The highest BCUT2D eigenvalue weighted by atomic mass is 16.7. The molecule has 9 heteroatoms. The maximum Gasteiger partial charge on any atom is 0.315 e. The fourth-order valence-electron chi connectivity index (χ4n) is 3.86. The second kappa shape index (κ2) is 6.66. The number of hydrogen-bond acceptors (Lipinski definition) is 6. The number of rotatable bonds is 3. The molecule has 3 fully saturated rings. The zero-order valence-electron chi connectivity index (χ0n) is 13.4. The predicted octanol–water partition coefficient (Wildman–Crippen LogP) is -0.0643. The van der Waals surface area contributed by atoms with Crippen molar-refractivity contribution >= 4 is 6.03 Å². The highest BCUT2D eigenvalue weighted by Crippen LogP contribution is 2.35. The van der Waals surface area contributed by atoms with Gasteiger partial charge in [0.25, 0.3) is 0 Å². The molecule has 2 amide bonds. The number of aromatic nitrogens is 3. The molecule has 3 aliphatic rings. The van der Waals surface area contributed by atoms with Gasteiger partial charge in [0, 0.05) is 6.04 Å². The Balaban J connectivity index is 1.42. The molecule has 3 heterocycles. The molecule has 1 aromatic heterocycles. The quantitative estimate of drug-likeness (QED) is 0.712. The smallest absolute Gasteiger partial charge is 0.315 e. The minimum absolute atomic E-state index is 0.207. The minimum Gasteiger partial charge on any atom is -0.388 e. The van der Waals surface area contributed by atoms with Crippen LogP contribution in [0.4, 0.5) is 4.79 Å². The molecular formula is C15H23N5O4. The molecule has 9 nitrogen and oxygen atoms in total. The molecule has 3 N–H and O–H groups in total. The van der Waals surface area contributed by atoms with E-state index in [-0.39, 0.29) is 18.2 Å². The normalized spacial score (nSPS) is 36.5. The molecule has 1 aromatic rings. The van der Waals surface area contributed by atoms with E-state index >= 15 is 0 Å². The molecule has 5 atom stereocenters. The first-order chi connectivity index (χ1) is 11.7. The number of ether oxygens (including phenoxy) is 2. The maximum absolute atomic E-state index is 12.3. The van der Waals surface area contributed by atoms with Crippen LogP contribution in [0.5, 0.6) is 0 Å². The summed E-state index contributed by atoms with van der Waals surface area (Å²) in [6.45, 7) is 0.335. The number of fused-ring (bicyclic) bond motifs is 2. The van der Waals surface area contributed by atoms with E-state index in [1.807, 2.05) is 0 Å². The number of amides is 2. The largest absolute Gasteiger partial charge is 0.388 e. The van der Waals surface area contributed by atoms with Crippen LogP contribution in [0.2, 0.25) is 0 Å². The summed E-state index contributed by atoms with van der Waals surface area (Å²) in [5.74, 6) is 0. The van der Waals surface area contributed by atoms with Crippen molar-refractivity contribution in [2.24, 2.45) is 0 Å². The zero-order valence-corrected chi connectivity index (χ0v) is 13.4. The average molecular weight is 337 g/mol. The van der Waals surface area contributed by atoms with E-state index in [1.165, 1.54) is 23.8 Å². The number of carbonyl (C=O) groups excluding carboxylic acids is 1. The van der Waals surface area contributed by atoms with Crippen LogP contribution in [-0.4, -0.2) is 63.1 Å². The van der Waals surface area contributed by atoms with Crippen molar-refractivity contribution in [1.82, 2.24) is 25.4 Å². The van der Waals surface area contributed by atoms with Gasteiger partial charge in [-0.3, -0.25) is 0 Å². The van der Waals surface area contributed by atoms with Crippen LogP contribution in [0, 0.1) is 0 Å². The lowest BCUT2D eigenvalue weighted by Gasteiger charge is -2.38. The highest BCUT2D eigenvalue weighted by molar-refractivity contribution is 5.74. The van der Waals surface area contributed by atoms with Gasteiger partial charge in [-0.25, -0.2) is 14.5 Å². The first-order valence-electron chi connectivity index (χ1n) is 8.58. The number of urea groups is 1. The minimum atomic E-state index is -0.866. The molecule has 24 heavy (non-hydrogen) atoms. The molecule has 2 aliphatic heterocycles. The van der Waals surface area contributed by atoms with Gasteiger partial charge < -0.3 is 25.2 Å². The molecule has 1 aliphatic carbocycles. The van der Waals surface area contributed by atoms with E-state index in [2.05, 4.69) is 20.7 Å². The van der Waals surface area contributed by atoms with Gasteiger partial charge in [0.1, 0.15) is 30.9 Å². The number of hydrogen-bond donors (Lipinski definition) is 3. The number of carbonyl (C=O) groups is 1. The maximum atomic E-state index is 12.3. The third-order valence-electron chi connectivity index (χ3n) is 5.11. The SMILES string of the molecule is O=C(NC1CCCCC1)NC1C2COC(O2)C(n2cncn2)C1O. The molecule has 5 unspecified atom stereocenters. The Morgan fingerprint density at radius 1 is 1.25 bits per heavy atom. The van der Waals surface area contributed by atoms with E-state index < -0.39 is 24.5 Å². The molecule has 4 rings (SSSR count). The zero-order chi connectivity index (χ0) is 16.5. The number of nitrogens with zero attached hydrogens (tertiary/aromatic N) is 3. The first kappa shape index (κ1) is 15.8. The molecule has 0 aromatic carbocycles. The van der Waals surface area contributed by atoms with Gasteiger partial charge in [0.2, 0.25) is 0 Å². The van der Waals surface area contributed by atoms with Crippen LogP contribution in [0.25, 0.3) is 0 Å². The van der Waals surface area contributed by atoms with Crippen molar-refractivity contribution in [2.45, 2.75) is 68.7 Å². The van der Waals surface area contributed by atoms with Crippen molar-refractivity contribution in [2.75, 3.05) is 6.61 Å². The number of aliphatic hydroxyl groups excluding tert-OH is 1. The third-order valence-corrected chi connectivity index (χ3v) is 5.11. The van der Waals surface area contributed by atoms with Crippen molar-refractivity contribution in [3.8, 4) is 0 Å². The Morgan fingerprint density at radius 2 is 2.08 bits per heavy atom. The summed E-state index contributed by atoms with van der Waals surface area (Å²) in [4.78, 5) is 16.2. The molecule has 0 radical (unpaired) electrons. The Bertz CT molecular complexity index is 562. The van der Waals surface area contributed by atoms with E-state index in [1.54, 1.807) is 0 Å². The first-order valence-corrected chi connectivity index (χ1v) is 8.58. The van der Waals surface area contributed by atoms with Crippen molar-refractivity contribution in [1.29, 1.82) is 0 Å². The standard InChI is InChI=1S/C15H23N5O4/c21-13-11(19-15(22)18-9-4-2-1-3-5-9)10-6-23-14(24-10)12(13)20-8-16-7-17-20/h7-14,21H,1-6H2,(H2,18,19,22). The lowest BCUT2D eigenvalue weighted by molar-refractivity contribution is -0.166. The summed E-state index contributed by atoms with van der Waals surface area (Å²) < 4.78 is 12.9. The van der Waals surface area contributed by atoms with E-state index in [9.17, 15) is 9.90 Å². The van der Waals surface area contributed by atoms with Crippen LogP contribution in [-0.2, 0) is 9.47 Å². The average Bonchev–Trinajstić information content (AvgIpc) is 3.24. The van der Waals surface area contributed by atoms with Gasteiger partial charge in [-0.1, -0.05) is 19.3 Å². The van der Waals surface area contributed by atoms with Crippen LogP contribution < -0.4 is 10.6 Å². The summed E-state index contributed by atoms with van der Waals surface area (Å²) in [6.07, 6.45) is 6.64. The summed E-state index contributed by atoms with van der Waals surface area (Å²) in [7, 11) is 0. The molecule has 132 valence electrons. The fraction of sp³-hybridized carbons (Fsp3) is 0.800. The van der Waals surface area contributed by atoms with E-state index in [0.717, 1.165) is 25.7 Å². The summed E-state index contributed by atoms with van der Waals surface area (Å²) in [6, 6.07) is -1.15. The fourth-order valence-corrected chi connectivity index (χ4v) is 3.86. The van der Waals surface area contributed by atoms with Crippen LogP contribution in [0.3, 0.4) is 0 Å². The van der Waals surface area contributed by atoms with Gasteiger partial charge in [-0.2, -0.15) is 5.10 Å². The summed E-state index contributed by atoms with van der Waals surface area (Å²) in [5.41, 5.74) is 0. The Morgan fingerprint density at radius 3 is 2.83 bits per heavy atom.